The Balaban J connectivity index is 0.936. The SMILES string of the molecule is CC(=NOCCOc1ccc(CC2CN(C(c3ccccc3)(c3ccccc3)c3ccccc3)CS2)cc1)c1ccc(S(=O)(=O)c2ccccc2)nc1. The topological polar surface area (TPSA) is 81.1 Å². The molecule has 9 heteroatoms. The van der Waals surface area contributed by atoms with Crippen LogP contribution in [0.3, 0.4) is 0 Å². The second kappa shape index (κ2) is 16.6. The van der Waals surface area contributed by atoms with Gasteiger partial charge in [0.25, 0.3) is 0 Å². The molecule has 1 fully saturated rings. The van der Waals surface area contributed by atoms with Gasteiger partial charge in [-0.25, -0.2) is 13.4 Å². The lowest BCUT2D eigenvalue weighted by Gasteiger charge is -2.43. The Morgan fingerprint density at radius 3 is 1.87 bits per heavy atom. The Labute approximate surface area is 316 Å². The minimum Gasteiger partial charge on any atom is -0.490 e. The van der Waals surface area contributed by atoms with E-state index in [0.717, 1.165) is 24.6 Å². The normalized spacial score (nSPS) is 15.3. The summed E-state index contributed by atoms with van der Waals surface area (Å²) in [6.45, 7) is 3.32. The first-order valence-electron chi connectivity index (χ1n) is 17.6. The summed E-state index contributed by atoms with van der Waals surface area (Å²) >= 11 is 2.02. The highest BCUT2D eigenvalue weighted by Gasteiger charge is 2.45. The summed E-state index contributed by atoms with van der Waals surface area (Å²) in [5.41, 5.74) is 5.94. The minimum atomic E-state index is -3.68. The highest BCUT2D eigenvalue weighted by molar-refractivity contribution is 8.00. The Morgan fingerprint density at radius 1 is 0.755 bits per heavy atom. The molecule has 0 spiro atoms. The van der Waals surface area contributed by atoms with E-state index in [0.29, 0.717) is 23.1 Å². The van der Waals surface area contributed by atoms with Crippen molar-refractivity contribution in [1.82, 2.24) is 9.88 Å². The molecule has 2 heterocycles. The lowest BCUT2D eigenvalue weighted by molar-refractivity contribution is 0.107. The van der Waals surface area contributed by atoms with E-state index in [9.17, 15) is 8.42 Å². The molecule has 7 nitrogen and oxygen atoms in total. The molecule has 53 heavy (non-hydrogen) atoms. The number of thioether (sulfide) groups is 1. The maximum absolute atomic E-state index is 12.8. The lowest BCUT2D eigenvalue weighted by atomic mass is 9.75. The zero-order valence-electron chi connectivity index (χ0n) is 29.5. The molecule has 5 aromatic carbocycles. The summed E-state index contributed by atoms with van der Waals surface area (Å²) < 4.78 is 31.6. The predicted octanol–water partition coefficient (Wildman–Crippen LogP) is 8.64. The summed E-state index contributed by atoms with van der Waals surface area (Å²) in [7, 11) is -3.68. The van der Waals surface area contributed by atoms with Crippen LogP contribution in [0.15, 0.2) is 179 Å². The van der Waals surface area contributed by atoms with Crippen LogP contribution < -0.4 is 4.74 Å². The number of aromatic nitrogens is 1. The number of sulfone groups is 1. The average molecular weight is 740 g/mol. The van der Waals surface area contributed by atoms with Crippen molar-refractivity contribution in [2.24, 2.45) is 5.16 Å². The van der Waals surface area contributed by atoms with Crippen molar-refractivity contribution in [3.05, 3.63) is 192 Å². The highest BCUT2D eigenvalue weighted by atomic mass is 32.2. The Kier molecular flexibility index (Phi) is 11.3. The van der Waals surface area contributed by atoms with Gasteiger partial charge in [0.1, 0.15) is 12.4 Å². The number of oxime groups is 1. The van der Waals surface area contributed by atoms with Crippen molar-refractivity contribution in [2.75, 3.05) is 25.6 Å². The van der Waals surface area contributed by atoms with Gasteiger partial charge in [-0.2, -0.15) is 0 Å². The lowest BCUT2D eigenvalue weighted by Crippen LogP contribution is -2.47. The molecule has 0 N–H and O–H groups in total. The number of rotatable bonds is 14. The Morgan fingerprint density at radius 2 is 1.32 bits per heavy atom. The molecule has 6 aromatic rings. The van der Waals surface area contributed by atoms with Crippen molar-refractivity contribution in [3.63, 3.8) is 0 Å². The van der Waals surface area contributed by atoms with E-state index in [1.165, 1.54) is 34.5 Å². The molecule has 0 saturated carbocycles. The molecule has 0 bridgehead atoms. The first-order chi connectivity index (χ1) is 25.9. The third-order valence-corrected chi connectivity index (χ3v) is 12.4. The van der Waals surface area contributed by atoms with Crippen LogP contribution in [0.2, 0.25) is 0 Å². The van der Waals surface area contributed by atoms with E-state index in [-0.39, 0.29) is 16.5 Å². The number of hydrogen-bond acceptors (Lipinski definition) is 8. The van der Waals surface area contributed by atoms with Gasteiger partial charge in [-0.3, -0.25) is 4.90 Å². The van der Waals surface area contributed by atoms with Crippen LogP contribution in [0.4, 0.5) is 0 Å². The summed E-state index contributed by atoms with van der Waals surface area (Å²) in [4.78, 5) is 12.5. The first-order valence-corrected chi connectivity index (χ1v) is 20.2. The molecule has 1 aromatic heterocycles. The molecule has 0 amide bonds. The van der Waals surface area contributed by atoms with Crippen molar-refractivity contribution in [2.45, 2.75) is 34.1 Å². The van der Waals surface area contributed by atoms with Crippen LogP contribution in [0.5, 0.6) is 5.75 Å². The third kappa shape index (κ3) is 8.08. The van der Waals surface area contributed by atoms with Crippen molar-refractivity contribution in [1.29, 1.82) is 0 Å². The van der Waals surface area contributed by atoms with Crippen LogP contribution in [0, 0.1) is 0 Å². The van der Waals surface area contributed by atoms with Crippen LogP contribution in [-0.2, 0) is 26.6 Å². The fourth-order valence-electron chi connectivity index (χ4n) is 6.84. The summed E-state index contributed by atoms with van der Waals surface area (Å²) in [6.07, 6.45) is 2.45. The summed E-state index contributed by atoms with van der Waals surface area (Å²) in [5.74, 6) is 1.69. The van der Waals surface area contributed by atoms with E-state index in [2.05, 4.69) is 118 Å². The van der Waals surface area contributed by atoms with Gasteiger partial charge in [-0.1, -0.05) is 126 Å². The van der Waals surface area contributed by atoms with E-state index < -0.39 is 15.4 Å². The van der Waals surface area contributed by atoms with Gasteiger partial charge in [-0.05, 0) is 72.0 Å². The fourth-order valence-corrected chi connectivity index (χ4v) is 9.32. The Hall–Kier alpha value is -5.22. The maximum Gasteiger partial charge on any atom is 0.223 e. The number of nitrogens with zero attached hydrogens (tertiary/aromatic N) is 3. The van der Waals surface area contributed by atoms with Crippen LogP contribution in [-0.4, -0.2) is 54.9 Å². The van der Waals surface area contributed by atoms with Crippen molar-refractivity contribution >= 4 is 27.3 Å². The van der Waals surface area contributed by atoms with Gasteiger partial charge in [-0.15, -0.1) is 11.8 Å². The quantitative estimate of drug-likeness (QED) is 0.0479. The van der Waals surface area contributed by atoms with Crippen LogP contribution in [0.1, 0.15) is 34.7 Å². The number of ether oxygens (including phenoxy) is 1. The smallest absolute Gasteiger partial charge is 0.223 e. The Bertz CT molecular complexity index is 2110. The van der Waals surface area contributed by atoms with Gasteiger partial charge >= 0.3 is 0 Å². The molecule has 0 aliphatic carbocycles. The highest BCUT2D eigenvalue weighted by Crippen LogP contribution is 2.46. The van der Waals surface area contributed by atoms with E-state index >= 15 is 0 Å². The molecule has 7 rings (SSSR count). The van der Waals surface area contributed by atoms with Crippen LogP contribution >= 0.6 is 11.8 Å². The molecule has 1 atom stereocenters. The van der Waals surface area contributed by atoms with Crippen molar-refractivity contribution in [3.8, 4) is 5.75 Å². The zero-order chi connectivity index (χ0) is 36.5. The standard InChI is InChI=1S/C44H41N3O4S2/c1-34(36-24-27-43(45-31-36)53(48,49)42-20-12-5-13-21-42)46-51-29-28-50-40-25-22-35(23-26-40)30-41-32-47(33-52-41)44(37-14-6-2-7-15-37,38-16-8-3-9-17-38)39-18-10-4-11-19-39/h2-27,31,41H,28-30,32-33H2,1H3. The summed E-state index contributed by atoms with van der Waals surface area (Å²) in [6, 6.07) is 52.4. The molecule has 268 valence electrons. The number of pyridine rings is 1. The second-order valence-electron chi connectivity index (χ2n) is 12.9. The van der Waals surface area contributed by atoms with Gasteiger partial charge in [0, 0.05) is 29.4 Å². The van der Waals surface area contributed by atoms with Gasteiger partial charge < -0.3 is 9.57 Å². The van der Waals surface area contributed by atoms with E-state index in [1.807, 2.05) is 23.9 Å². The third-order valence-electron chi connectivity index (χ3n) is 9.45. The number of hydrogen-bond donors (Lipinski definition) is 0. The molecular weight excluding hydrogens is 699 g/mol. The molecule has 1 aliphatic heterocycles. The average Bonchev–Trinajstić information content (AvgIpc) is 3.68. The fraction of sp³-hybridized carbons (Fsp3) is 0.182. The minimum absolute atomic E-state index is 0.0132. The van der Waals surface area contributed by atoms with E-state index in [1.54, 1.807) is 43.3 Å². The molecule has 1 saturated heterocycles. The molecule has 1 aliphatic rings. The molecule has 1 unspecified atom stereocenters. The van der Waals surface area contributed by atoms with Gasteiger partial charge in [0.15, 0.2) is 11.6 Å². The second-order valence-corrected chi connectivity index (χ2v) is 16.0. The number of benzene rings is 5. The maximum atomic E-state index is 12.8. The largest absolute Gasteiger partial charge is 0.490 e. The van der Waals surface area contributed by atoms with Gasteiger partial charge in [0.05, 0.1) is 16.1 Å². The molecule has 0 radical (unpaired) electrons. The summed E-state index contributed by atoms with van der Waals surface area (Å²) in [5, 5.41) is 4.59. The zero-order valence-corrected chi connectivity index (χ0v) is 31.1. The van der Waals surface area contributed by atoms with E-state index in [4.69, 9.17) is 9.57 Å². The van der Waals surface area contributed by atoms with Gasteiger partial charge in [0.2, 0.25) is 9.84 Å². The van der Waals surface area contributed by atoms with Crippen molar-refractivity contribution < 1.29 is 18.0 Å². The first kappa shape index (κ1) is 36.2. The molecular formula is C44H41N3O4S2. The predicted molar refractivity (Wildman–Crippen MR) is 212 cm³/mol. The monoisotopic (exact) mass is 739 g/mol. The van der Waals surface area contributed by atoms with Crippen LogP contribution in [0.25, 0.3) is 0 Å².